The van der Waals surface area contributed by atoms with Crippen molar-refractivity contribution in [1.29, 1.82) is 0 Å². The first kappa shape index (κ1) is 10.3. The van der Waals surface area contributed by atoms with Crippen LogP contribution in [0.1, 0.15) is 18.6 Å². The average molecular weight is 202 g/mol. The fraction of sp³-hybridized carbons (Fsp3) is 0.333. The molecular weight excluding hydrogens is 190 g/mol. The van der Waals surface area contributed by atoms with E-state index in [1.807, 2.05) is 0 Å². The molecule has 0 amide bonds. The lowest BCUT2D eigenvalue weighted by Gasteiger charge is -2.16. The zero-order chi connectivity index (χ0) is 10.0. The van der Waals surface area contributed by atoms with Gasteiger partial charge in [0.15, 0.2) is 0 Å². The average Bonchev–Trinajstić information content (AvgIpc) is 2.08. The summed E-state index contributed by atoms with van der Waals surface area (Å²) in [5, 5.41) is 19.1. The second kappa shape index (κ2) is 3.96. The van der Waals surface area contributed by atoms with Crippen LogP contribution in [0.15, 0.2) is 18.2 Å². The molecule has 13 heavy (non-hydrogen) atoms. The number of halogens is 1. The molecule has 0 aromatic heterocycles. The molecule has 0 bridgehead atoms. The van der Waals surface area contributed by atoms with Gasteiger partial charge in [-0.1, -0.05) is 11.6 Å². The summed E-state index contributed by atoms with van der Waals surface area (Å²) in [5.74, 6) is 0.0686. The van der Waals surface area contributed by atoms with E-state index >= 15 is 0 Å². The molecule has 0 aliphatic carbocycles. The van der Waals surface area contributed by atoms with Gasteiger partial charge < -0.3 is 15.9 Å². The number of aliphatic hydroxyl groups excluding tert-OH is 1. The van der Waals surface area contributed by atoms with Crippen molar-refractivity contribution in [1.82, 2.24) is 0 Å². The second-order valence-electron chi connectivity index (χ2n) is 3.01. The van der Waals surface area contributed by atoms with Gasteiger partial charge >= 0.3 is 0 Å². The molecule has 3 nitrogen and oxygen atoms in total. The molecule has 4 N–H and O–H groups in total. The van der Waals surface area contributed by atoms with Gasteiger partial charge in [0, 0.05) is 16.6 Å². The van der Waals surface area contributed by atoms with Gasteiger partial charge in [0.05, 0.1) is 6.10 Å². The van der Waals surface area contributed by atoms with E-state index in [-0.39, 0.29) is 5.75 Å². The number of rotatable bonds is 2. The smallest absolute Gasteiger partial charge is 0.116 e. The Kier molecular flexibility index (Phi) is 3.14. The molecule has 0 aliphatic heterocycles. The van der Waals surface area contributed by atoms with Crippen LogP contribution in [0.2, 0.25) is 5.02 Å². The highest BCUT2D eigenvalue weighted by atomic mass is 35.5. The Morgan fingerprint density at radius 3 is 2.62 bits per heavy atom. The van der Waals surface area contributed by atoms with Gasteiger partial charge in [-0.3, -0.25) is 0 Å². The molecule has 0 saturated heterocycles. The Balaban J connectivity index is 3.05. The zero-order valence-corrected chi connectivity index (χ0v) is 7.99. The van der Waals surface area contributed by atoms with Crippen LogP contribution in [-0.2, 0) is 0 Å². The van der Waals surface area contributed by atoms with Crippen LogP contribution in [0.25, 0.3) is 0 Å². The maximum atomic E-state index is 9.58. The molecule has 1 aromatic rings. The number of aromatic hydroxyl groups is 1. The van der Waals surface area contributed by atoms with Crippen molar-refractivity contribution in [2.75, 3.05) is 0 Å². The third-order valence-electron chi connectivity index (χ3n) is 1.80. The van der Waals surface area contributed by atoms with Crippen LogP contribution in [-0.4, -0.2) is 16.3 Å². The molecule has 1 aromatic carbocycles. The van der Waals surface area contributed by atoms with E-state index in [9.17, 15) is 5.11 Å². The van der Waals surface area contributed by atoms with Gasteiger partial charge in [-0.25, -0.2) is 0 Å². The largest absolute Gasteiger partial charge is 0.508 e. The summed E-state index contributed by atoms with van der Waals surface area (Å²) < 4.78 is 0. The summed E-state index contributed by atoms with van der Waals surface area (Å²) in [6, 6.07) is 3.98. The number of benzene rings is 1. The molecular formula is C9H12ClNO2. The van der Waals surface area contributed by atoms with Crippen molar-refractivity contribution in [3.05, 3.63) is 28.8 Å². The topological polar surface area (TPSA) is 66.5 Å². The van der Waals surface area contributed by atoms with Crippen LogP contribution < -0.4 is 5.73 Å². The second-order valence-corrected chi connectivity index (χ2v) is 3.42. The number of phenols is 1. The van der Waals surface area contributed by atoms with Crippen molar-refractivity contribution in [3.8, 4) is 5.75 Å². The predicted molar refractivity (Wildman–Crippen MR) is 51.7 cm³/mol. The standard InChI is InChI=1S/C9H12ClNO2/c1-5(11)9(13)7-4-6(12)2-3-8(7)10/h2-5,9,12-13H,11H2,1H3. The van der Waals surface area contributed by atoms with E-state index in [1.54, 1.807) is 6.92 Å². The molecule has 4 heteroatoms. The Labute approximate surface area is 81.8 Å². The molecule has 2 unspecified atom stereocenters. The SMILES string of the molecule is CC(N)C(O)c1cc(O)ccc1Cl. The van der Waals surface area contributed by atoms with Crippen molar-refractivity contribution in [3.63, 3.8) is 0 Å². The lowest BCUT2D eigenvalue weighted by atomic mass is 10.0. The van der Waals surface area contributed by atoms with Crippen LogP contribution >= 0.6 is 11.6 Å². The number of phenolic OH excluding ortho intramolecular Hbond substituents is 1. The van der Waals surface area contributed by atoms with Crippen molar-refractivity contribution >= 4 is 11.6 Å². The normalized spacial score (nSPS) is 15.4. The van der Waals surface area contributed by atoms with Crippen molar-refractivity contribution in [2.24, 2.45) is 5.73 Å². The highest BCUT2D eigenvalue weighted by molar-refractivity contribution is 6.31. The first-order chi connectivity index (χ1) is 6.02. The van der Waals surface area contributed by atoms with E-state index in [0.29, 0.717) is 10.6 Å². The van der Waals surface area contributed by atoms with Crippen molar-refractivity contribution < 1.29 is 10.2 Å². The molecule has 0 radical (unpaired) electrons. The predicted octanol–water partition coefficient (Wildman–Crippen LogP) is 1.43. The molecule has 2 atom stereocenters. The van der Waals surface area contributed by atoms with Gasteiger partial charge in [-0.2, -0.15) is 0 Å². The van der Waals surface area contributed by atoms with Gasteiger partial charge in [0.25, 0.3) is 0 Å². The van der Waals surface area contributed by atoms with Gasteiger partial charge in [-0.05, 0) is 25.1 Å². The highest BCUT2D eigenvalue weighted by Gasteiger charge is 2.15. The Bertz CT molecular complexity index is 302. The van der Waals surface area contributed by atoms with Gasteiger partial charge in [0.1, 0.15) is 5.75 Å². The maximum Gasteiger partial charge on any atom is 0.116 e. The molecule has 0 spiro atoms. The molecule has 0 fully saturated rings. The summed E-state index contributed by atoms with van der Waals surface area (Å²) in [5.41, 5.74) is 5.95. The zero-order valence-electron chi connectivity index (χ0n) is 7.24. The molecule has 72 valence electrons. The minimum atomic E-state index is -0.848. The maximum absolute atomic E-state index is 9.58. The van der Waals surface area contributed by atoms with E-state index < -0.39 is 12.1 Å². The van der Waals surface area contributed by atoms with Crippen molar-refractivity contribution in [2.45, 2.75) is 19.1 Å². The van der Waals surface area contributed by atoms with Crippen LogP contribution in [0.4, 0.5) is 0 Å². The summed E-state index contributed by atoms with van der Waals surface area (Å²) in [7, 11) is 0. The van der Waals surface area contributed by atoms with E-state index in [0.717, 1.165) is 0 Å². The molecule has 0 heterocycles. The van der Waals surface area contributed by atoms with Crippen LogP contribution in [0.5, 0.6) is 5.75 Å². The Morgan fingerprint density at radius 1 is 1.46 bits per heavy atom. The first-order valence-corrected chi connectivity index (χ1v) is 4.32. The van der Waals surface area contributed by atoms with Crippen LogP contribution in [0, 0.1) is 0 Å². The summed E-state index contributed by atoms with van der Waals surface area (Å²) in [6.45, 7) is 1.67. The Morgan fingerprint density at radius 2 is 2.08 bits per heavy atom. The third-order valence-corrected chi connectivity index (χ3v) is 2.14. The lowest BCUT2D eigenvalue weighted by molar-refractivity contribution is 0.153. The quantitative estimate of drug-likeness (QED) is 0.678. The fourth-order valence-corrected chi connectivity index (χ4v) is 1.27. The number of nitrogens with two attached hydrogens (primary N) is 1. The minimum absolute atomic E-state index is 0.0686. The van der Waals surface area contributed by atoms with E-state index in [2.05, 4.69) is 0 Å². The summed E-state index contributed by atoms with van der Waals surface area (Å²) in [6.07, 6.45) is -0.848. The molecule has 0 aliphatic rings. The monoisotopic (exact) mass is 201 g/mol. The first-order valence-electron chi connectivity index (χ1n) is 3.94. The third kappa shape index (κ3) is 2.34. The van der Waals surface area contributed by atoms with E-state index in [4.69, 9.17) is 22.4 Å². The number of aliphatic hydroxyl groups is 1. The van der Waals surface area contributed by atoms with Crippen LogP contribution in [0.3, 0.4) is 0 Å². The summed E-state index contributed by atoms with van der Waals surface area (Å²) in [4.78, 5) is 0. The minimum Gasteiger partial charge on any atom is -0.508 e. The summed E-state index contributed by atoms with van der Waals surface area (Å²) >= 11 is 5.81. The number of hydrogen-bond donors (Lipinski definition) is 3. The number of hydrogen-bond acceptors (Lipinski definition) is 3. The lowest BCUT2D eigenvalue weighted by Crippen LogP contribution is -2.24. The van der Waals surface area contributed by atoms with E-state index in [1.165, 1.54) is 18.2 Å². The van der Waals surface area contributed by atoms with Gasteiger partial charge in [-0.15, -0.1) is 0 Å². The van der Waals surface area contributed by atoms with Gasteiger partial charge in [0.2, 0.25) is 0 Å². The highest BCUT2D eigenvalue weighted by Crippen LogP contribution is 2.27. The molecule has 1 rings (SSSR count). The fourth-order valence-electron chi connectivity index (χ4n) is 1.04. The molecule has 0 saturated carbocycles. The Hall–Kier alpha value is -0.770.